The lowest BCUT2D eigenvalue weighted by Crippen LogP contribution is -2.28. The topological polar surface area (TPSA) is 243 Å². The van der Waals surface area contributed by atoms with Crippen molar-refractivity contribution in [3.63, 3.8) is 0 Å². The van der Waals surface area contributed by atoms with Crippen LogP contribution in [-0.2, 0) is 20.8 Å². The number of anilines is 1. The summed E-state index contributed by atoms with van der Waals surface area (Å²) in [6.45, 7) is 0.0231. The number of carboxylic acids is 1. The van der Waals surface area contributed by atoms with Crippen LogP contribution in [0.15, 0.2) is 45.2 Å². The summed E-state index contributed by atoms with van der Waals surface area (Å²) in [6, 6.07) is 6.84. The van der Waals surface area contributed by atoms with Crippen molar-refractivity contribution in [1.82, 2.24) is 5.53 Å². The van der Waals surface area contributed by atoms with Crippen LogP contribution < -0.4 is 33.7 Å². The number of nitrogens with two attached hydrogens (primary N) is 5. The number of nitrogen functional groups attached to an aromatic ring is 1. The summed E-state index contributed by atoms with van der Waals surface area (Å²) >= 11 is 0. The predicted molar refractivity (Wildman–Crippen MR) is 113 cm³/mol. The van der Waals surface area contributed by atoms with Crippen molar-refractivity contribution in [3.8, 4) is 11.1 Å². The number of aromatic carboxylic acids is 1. The van der Waals surface area contributed by atoms with E-state index in [4.69, 9.17) is 28.2 Å². The average molecular weight is 456 g/mol. The van der Waals surface area contributed by atoms with Crippen molar-refractivity contribution < 1.29 is 22.5 Å². The van der Waals surface area contributed by atoms with Gasteiger partial charge in [-0.05, 0) is 17.7 Å². The van der Waals surface area contributed by atoms with Crippen LogP contribution >= 0.6 is 0 Å². The molecule has 162 valence electrons. The summed E-state index contributed by atoms with van der Waals surface area (Å²) in [7, 11) is -6.31. The molecule has 0 amide bonds. The fraction of sp³-hybridized carbons (Fsp3) is 0.125. The van der Waals surface area contributed by atoms with Crippen molar-refractivity contribution in [3.05, 3.63) is 41.5 Å². The van der Waals surface area contributed by atoms with Gasteiger partial charge in [0.1, 0.15) is 4.90 Å². The molecule has 0 aliphatic carbocycles. The molecule has 0 aliphatic heterocycles. The SMILES string of the molecule is NCCS(=O)c1ccc(-c2cccc(C(=O)O)c2N)c(/C(N)=N/NN)c1S(N)(=O)=O. The minimum Gasteiger partial charge on any atom is -0.478 e. The van der Waals surface area contributed by atoms with Gasteiger partial charge in [0.05, 0.1) is 26.9 Å². The molecule has 0 bridgehead atoms. The van der Waals surface area contributed by atoms with Gasteiger partial charge in [-0.3, -0.25) is 4.21 Å². The van der Waals surface area contributed by atoms with E-state index in [0.717, 1.165) is 0 Å². The van der Waals surface area contributed by atoms with Crippen LogP contribution in [0.5, 0.6) is 0 Å². The van der Waals surface area contributed by atoms with E-state index in [-0.39, 0.29) is 45.1 Å². The molecule has 0 heterocycles. The van der Waals surface area contributed by atoms with Crippen molar-refractivity contribution in [1.29, 1.82) is 0 Å². The van der Waals surface area contributed by atoms with Crippen LogP contribution in [0, 0.1) is 0 Å². The molecule has 0 saturated heterocycles. The van der Waals surface area contributed by atoms with Crippen molar-refractivity contribution in [2.75, 3.05) is 18.0 Å². The van der Waals surface area contributed by atoms with Crippen LogP contribution in [0.4, 0.5) is 5.69 Å². The zero-order chi connectivity index (χ0) is 22.6. The molecule has 2 aromatic rings. The number of sulfonamides is 1. The molecular formula is C16H21N7O5S2. The van der Waals surface area contributed by atoms with Gasteiger partial charge in [0, 0.05) is 23.4 Å². The van der Waals surface area contributed by atoms with Crippen molar-refractivity contribution in [2.45, 2.75) is 9.79 Å². The number of para-hydroxylation sites is 1. The first-order valence-corrected chi connectivity index (χ1v) is 11.1. The van der Waals surface area contributed by atoms with Gasteiger partial charge in [0.2, 0.25) is 10.0 Å². The maximum Gasteiger partial charge on any atom is 0.337 e. The number of hydrogen-bond acceptors (Lipinski definition) is 9. The van der Waals surface area contributed by atoms with E-state index in [1.165, 1.54) is 30.3 Å². The minimum atomic E-state index is -4.48. The first-order chi connectivity index (χ1) is 14.0. The molecule has 1 atom stereocenters. The number of hydrogen-bond donors (Lipinski definition) is 7. The lowest BCUT2D eigenvalue weighted by Gasteiger charge is -2.18. The molecule has 0 aliphatic rings. The highest BCUT2D eigenvalue weighted by atomic mass is 32.2. The lowest BCUT2D eigenvalue weighted by molar-refractivity contribution is 0.0698. The highest BCUT2D eigenvalue weighted by Crippen LogP contribution is 2.36. The van der Waals surface area contributed by atoms with E-state index in [2.05, 4.69) is 5.10 Å². The Bertz CT molecular complexity index is 1150. The molecule has 0 saturated carbocycles. The molecule has 1 unspecified atom stereocenters. The predicted octanol–water partition coefficient (Wildman–Crippen LogP) is -1.57. The molecular weight excluding hydrogens is 434 g/mol. The standard InChI is InChI=1S/C16H21N7O5S2/c17-6-7-29(26)11-5-4-8(9-2-1-3-10(13(9)18)16(24)25)12(15(19)22-23-20)14(11)30(21,27)28/h1-5,23H,6-7,17-18,20H2,(H2,19,22)(H,24,25)(H2,21,27,28). The second kappa shape index (κ2) is 9.19. The van der Waals surface area contributed by atoms with Gasteiger partial charge in [-0.2, -0.15) is 0 Å². The number of primary sulfonamides is 1. The normalized spacial score (nSPS) is 13.1. The van der Waals surface area contributed by atoms with Gasteiger partial charge in [-0.25, -0.2) is 29.7 Å². The number of benzene rings is 2. The number of hydrazine groups is 1. The number of nitrogens with one attached hydrogen (secondary N) is 1. The summed E-state index contributed by atoms with van der Waals surface area (Å²) < 4.78 is 37.5. The average Bonchev–Trinajstić information content (AvgIpc) is 2.66. The summed E-state index contributed by atoms with van der Waals surface area (Å²) in [5.41, 5.74) is 19.0. The second-order valence-electron chi connectivity index (χ2n) is 5.90. The van der Waals surface area contributed by atoms with Gasteiger partial charge in [0.25, 0.3) is 0 Å². The highest BCUT2D eigenvalue weighted by Gasteiger charge is 2.28. The fourth-order valence-electron chi connectivity index (χ4n) is 2.83. The molecule has 2 aromatic carbocycles. The Morgan fingerprint density at radius 1 is 1.20 bits per heavy atom. The van der Waals surface area contributed by atoms with Crippen LogP contribution in [0.25, 0.3) is 11.1 Å². The lowest BCUT2D eigenvalue weighted by atomic mass is 9.95. The minimum absolute atomic E-state index is 0.0231. The largest absolute Gasteiger partial charge is 0.478 e. The van der Waals surface area contributed by atoms with Gasteiger partial charge in [0.15, 0.2) is 5.84 Å². The van der Waals surface area contributed by atoms with Crippen molar-refractivity contribution >= 4 is 38.3 Å². The van der Waals surface area contributed by atoms with E-state index < -0.39 is 37.5 Å². The van der Waals surface area contributed by atoms with Crippen LogP contribution in [0.2, 0.25) is 0 Å². The Morgan fingerprint density at radius 3 is 2.40 bits per heavy atom. The molecule has 0 radical (unpaired) electrons. The van der Waals surface area contributed by atoms with Gasteiger partial charge < -0.3 is 22.3 Å². The quantitative estimate of drug-likeness (QED) is 0.0792. The third kappa shape index (κ3) is 4.58. The van der Waals surface area contributed by atoms with E-state index in [0.29, 0.717) is 0 Å². The smallest absolute Gasteiger partial charge is 0.337 e. The van der Waals surface area contributed by atoms with E-state index in [9.17, 15) is 22.5 Å². The zero-order valence-electron chi connectivity index (χ0n) is 15.5. The number of carbonyl (C=O) groups is 1. The summed E-state index contributed by atoms with van der Waals surface area (Å²) in [5.74, 6) is 3.46. The third-order valence-corrected chi connectivity index (χ3v) is 6.58. The van der Waals surface area contributed by atoms with E-state index in [1.807, 2.05) is 5.53 Å². The summed E-state index contributed by atoms with van der Waals surface area (Å²) in [4.78, 5) is 10.8. The third-order valence-electron chi connectivity index (χ3n) is 4.02. The fourth-order valence-corrected chi connectivity index (χ4v) is 5.27. The van der Waals surface area contributed by atoms with Gasteiger partial charge in [-0.1, -0.05) is 18.2 Å². The molecule has 30 heavy (non-hydrogen) atoms. The second-order valence-corrected chi connectivity index (χ2v) is 8.93. The maximum absolute atomic E-state index is 12.6. The maximum atomic E-state index is 12.6. The van der Waals surface area contributed by atoms with Crippen LogP contribution in [0.3, 0.4) is 0 Å². The molecule has 0 aromatic heterocycles. The number of hydrazone groups is 1. The van der Waals surface area contributed by atoms with Crippen LogP contribution in [0.1, 0.15) is 15.9 Å². The number of nitrogens with zero attached hydrogens (tertiary/aromatic N) is 1. The van der Waals surface area contributed by atoms with Gasteiger partial charge in [-0.15, -0.1) is 5.10 Å². The Balaban J connectivity index is 3.04. The monoisotopic (exact) mass is 455 g/mol. The molecule has 0 spiro atoms. The molecule has 12 N–H and O–H groups in total. The number of amidine groups is 1. The zero-order valence-corrected chi connectivity index (χ0v) is 17.2. The Kier molecular flexibility index (Phi) is 7.12. The summed E-state index contributed by atoms with van der Waals surface area (Å²) in [6.07, 6.45) is 0. The Labute approximate surface area is 174 Å². The van der Waals surface area contributed by atoms with Crippen LogP contribution in [-0.4, -0.2) is 41.8 Å². The Hall–Kier alpha value is -3.04. The molecule has 0 fully saturated rings. The summed E-state index contributed by atoms with van der Waals surface area (Å²) in [5, 5.41) is 18.4. The number of rotatable bonds is 8. The van der Waals surface area contributed by atoms with Gasteiger partial charge >= 0.3 is 5.97 Å². The molecule has 14 heteroatoms. The van der Waals surface area contributed by atoms with E-state index >= 15 is 0 Å². The number of carboxylic acid groups (broad SMARTS) is 1. The van der Waals surface area contributed by atoms with Crippen molar-refractivity contribution in [2.24, 2.45) is 27.6 Å². The molecule has 2 rings (SSSR count). The van der Waals surface area contributed by atoms with E-state index in [1.54, 1.807) is 0 Å². The first kappa shape index (κ1) is 23.2. The highest BCUT2D eigenvalue weighted by molar-refractivity contribution is 7.91. The Morgan fingerprint density at radius 2 is 1.87 bits per heavy atom. The first-order valence-electron chi connectivity index (χ1n) is 8.24. The molecule has 12 nitrogen and oxygen atoms in total.